The number of sulfonamides is 1. The van der Waals surface area contributed by atoms with Crippen LogP contribution in [0.1, 0.15) is 119 Å². The second-order valence-electron chi connectivity index (χ2n) is 22.1. The van der Waals surface area contributed by atoms with Crippen LogP contribution in [0, 0.1) is 69.5 Å². The van der Waals surface area contributed by atoms with E-state index in [0.29, 0.717) is 36.9 Å². The number of methoxy groups -OCH3 is 1. The number of hydrogen-bond acceptors (Lipinski definition) is 7. The first-order chi connectivity index (χ1) is 28.6. The number of esters is 1. The fourth-order valence-corrected chi connectivity index (χ4v) is 15.5. The Balaban J connectivity index is 1.21. The van der Waals surface area contributed by atoms with Gasteiger partial charge in [-0.25, -0.2) is 8.42 Å². The first-order valence-corrected chi connectivity index (χ1v) is 24.7. The molecule has 4 fully saturated rings. The summed E-state index contributed by atoms with van der Waals surface area (Å²) in [4.78, 5) is 15.1. The highest BCUT2D eigenvalue weighted by Crippen LogP contribution is 2.75. The van der Waals surface area contributed by atoms with E-state index < -0.39 is 15.6 Å². The van der Waals surface area contributed by atoms with Crippen molar-refractivity contribution >= 4 is 16.0 Å². The van der Waals surface area contributed by atoms with Gasteiger partial charge in [0.1, 0.15) is 6.61 Å². The van der Waals surface area contributed by atoms with E-state index in [4.69, 9.17) is 18.9 Å². The van der Waals surface area contributed by atoms with Crippen molar-refractivity contribution < 1.29 is 32.2 Å². The van der Waals surface area contributed by atoms with Crippen molar-refractivity contribution in [2.75, 3.05) is 34.0 Å². The fourth-order valence-electron chi connectivity index (χ4n) is 13.9. The van der Waals surface area contributed by atoms with E-state index in [0.717, 1.165) is 49.7 Å². The molecule has 2 aromatic carbocycles. The summed E-state index contributed by atoms with van der Waals surface area (Å²) in [5, 5.41) is 0. The maximum Gasteiger partial charge on any atom is 0.310 e. The van der Waals surface area contributed by atoms with Gasteiger partial charge in [-0.15, -0.1) is 0 Å². The minimum atomic E-state index is -3.80. The summed E-state index contributed by atoms with van der Waals surface area (Å²) in [6.45, 7) is 26.5. The van der Waals surface area contributed by atoms with Crippen molar-refractivity contribution in [3.05, 3.63) is 77.4 Å². The Kier molecular flexibility index (Phi) is 12.5. The van der Waals surface area contributed by atoms with Gasteiger partial charge in [-0.05, 0) is 116 Å². The van der Waals surface area contributed by atoms with E-state index in [1.807, 2.05) is 63.4 Å². The van der Waals surface area contributed by atoms with Crippen LogP contribution >= 0.6 is 0 Å². The molecule has 1 heterocycles. The van der Waals surface area contributed by atoms with Crippen LogP contribution in [-0.2, 0) is 40.4 Å². The zero-order valence-electron chi connectivity index (χ0n) is 39.7. The number of carbonyl (C=O) groups excluding carboxylic acids is 1. The molecule has 0 spiro atoms. The van der Waals surface area contributed by atoms with Crippen LogP contribution in [0.4, 0.5) is 0 Å². The van der Waals surface area contributed by atoms with Crippen LogP contribution < -0.4 is 0 Å². The Morgan fingerprint density at radius 2 is 1.61 bits per heavy atom. The quantitative estimate of drug-likeness (QED) is 0.146. The second-order valence-corrected chi connectivity index (χ2v) is 24.1. The van der Waals surface area contributed by atoms with Crippen LogP contribution in [0.3, 0.4) is 0 Å². The molecule has 0 aromatic heterocycles. The lowest BCUT2D eigenvalue weighted by atomic mass is 9.34. The number of carbonyl (C=O) groups is 1. The Bertz CT molecular complexity index is 2050. The monoisotopic (exact) mass is 860 g/mol. The lowest BCUT2D eigenvalue weighted by Gasteiger charge is -2.71. The van der Waals surface area contributed by atoms with E-state index >= 15 is 0 Å². The van der Waals surface area contributed by atoms with Gasteiger partial charge in [0.25, 0.3) is 0 Å². The van der Waals surface area contributed by atoms with Crippen molar-refractivity contribution in [3.8, 4) is 0 Å². The molecule has 0 unspecified atom stereocenters. The standard InChI is InChI=1S/C52H77NO7S/c1-34(2)37(6)47(7)27-28-49(9)40-23-24-43-48(8)31-58-33-52(43,41(40)25-26-50(49,10)44(47)46(54)59-30-38-17-15-14-16-18-38)29-42(57-13)45(48)60-32-51(11,35(3)4)53(12)61(55,56)39-21-19-36(5)20-22-39/h14-22,25,34-35,37,40,42-45H,23-24,26-33H2,1-13H3/t37-,40+,42-,43+,44-,45+,47-,48+,49-,50+,51-,52+/m1/s1. The summed E-state index contributed by atoms with van der Waals surface area (Å²) >= 11 is 0. The minimum Gasteiger partial charge on any atom is -0.461 e. The lowest BCUT2D eigenvalue weighted by molar-refractivity contribution is -0.271. The molecule has 4 aliphatic carbocycles. The molecule has 7 rings (SSSR count). The van der Waals surface area contributed by atoms with Gasteiger partial charge in [0.2, 0.25) is 10.0 Å². The average molecular weight is 860 g/mol. The van der Waals surface area contributed by atoms with Crippen molar-refractivity contribution in [1.82, 2.24) is 4.31 Å². The van der Waals surface area contributed by atoms with Crippen LogP contribution in [0.2, 0.25) is 0 Å². The van der Waals surface area contributed by atoms with Crippen molar-refractivity contribution in [2.45, 2.75) is 144 Å². The normalized spacial score (nSPS) is 37.6. The number of aryl methyl sites for hydroxylation is 1. The third-order valence-corrected chi connectivity index (χ3v) is 20.8. The number of benzene rings is 2. The van der Waals surface area contributed by atoms with Crippen molar-refractivity contribution in [2.24, 2.45) is 62.6 Å². The molecule has 9 heteroatoms. The van der Waals surface area contributed by atoms with Gasteiger partial charge in [0, 0.05) is 25.0 Å². The lowest BCUT2D eigenvalue weighted by Crippen LogP contribution is -2.70. The molecule has 5 aliphatic rings. The first-order valence-electron chi connectivity index (χ1n) is 23.3. The molecule has 2 bridgehead atoms. The van der Waals surface area contributed by atoms with Gasteiger partial charge >= 0.3 is 5.97 Å². The van der Waals surface area contributed by atoms with Gasteiger partial charge in [-0.2, -0.15) is 4.31 Å². The molecule has 8 nitrogen and oxygen atoms in total. The zero-order valence-corrected chi connectivity index (χ0v) is 40.5. The third kappa shape index (κ3) is 7.21. The Hall–Kier alpha value is -2.56. The highest BCUT2D eigenvalue weighted by atomic mass is 32.2. The SMILES string of the molecule is CO[C@@H]1C[C@@]23COC[C@@](C)([C@@H]2CC[C@H]2C3=CC[C@@]3(C)[C@H](C(=O)OCc4ccccc4)[C@@](C)([C@H](C)C(C)C)CC[C@]23C)[C@H]1OC[C@](C)(C(C)C)N(C)S(=O)(=O)c1ccc(C)cc1. The third-order valence-electron chi connectivity index (χ3n) is 18.8. The van der Waals surface area contributed by atoms with E-state index in [-0.39, 0.29) is 75.2 Å². The number of nitrogens with zero attached hydrogens (tertiary/aromatic N) is 1. The predicted molar refractivity (Wildman–Crippen MR) is 242 cm³/mol. The summed E-state index contributed by atoms with van der Waals surface area (Å²) in [6.07, 6.45) is 7.80. The summed E-state index contributed by atoms with van der Waals surface area (Å²) in [5.74, 6) is 1.05. The summed E-state index contributed by atoms with van der Waals surface area (Å²) in [7, 11) is -0.293. The molecule has 1 aliphatic heterocycles. The van der Waals surface area contributed by atoms with E-state index in [2.05, 4.69) is 68.4 Å². The van der Waals surface area contributed by atoms with E-state index in [1.54, 1.807) is 19.2 Å². The molecule has 12 atom stereocenters. The number of allylic oxidation sites excluding steroid dienone is 1. The number of hydrogen-bond donors (Lipinski definition) is 0. The number of ether oxygens (including phenoxy) is 4. The highest BCUT2D eigenvalue weighted by Gasteiger charge is 2.72. The molecule has 2 aromatic rings. The number of rotatable bonds is 13. The van der Waals surface area contributed by atoms with Crippen LogP contribution in [0.5, 0.6) is 0 Å². The molecule has 0 amide bonds. The molecule has 338 valence electrons. The molecule has 1 saturated heterocycles. The predicted octanol–water partition coefficient (Wildman–Crippen LogP) is 10.7. The maximum absolute atomic E-state index is 14.9. The van der Waals surface area contributed by atoms with Crippen molar-refractivity contribution in [1.29, 1.82) is 0 Å². The number of likely N-dealkylation sites (N-methyl/N-ethyl adjacent to an activating group) is 1. The van der Waals surface area contributed by atoms with Gasteiger partial charge in [0.05, 0.1) is 48.4 Å². The van der Waals surface area contributed by atoms with E-state index in [1.165, 1.54) is 9.88 Å². The summed E-state index contributed by atoms with van der Waals surface area (Å²) < 4.78 is 56.6. The van der Waals surface area contributed by atoms with Crippen LogP contribution in [0.25, 0.3) is 0 Å². The van der Waals surface area contributed by atoms with Crippen LogP contribution in [0.15, 0.2) is 71.1 Å². The average Bonchev–Trinajstić information content (AvgIpc) is 3.22. The summed E-state index contributed by atoms with van der Waals surface area (Å²) in [5.41, 5.74) is 1.50. The Morgan fingerprint density at radius 1 is 0.934 bits per heavy atom. The van der Waals surface area contributed by atoms with Gasteiger partial charge in [-0.3, -0.25) is 4.79 Å². The zero-order chi connectivity index (χ0) is 44.6. The van der Waals surface area contributed by atoms with Gasteiger partial charge in [-0.1, -0.05) is 122 Å². The molecule has 0 radical (unpaired) electrons. The number of fused-ring (bicyclic) bond motifs is 3. The smallest absolute Gasteiger partial charge is 0.310 e. The Labute approximate surface area is 369 Å². The second kappa shape index (κ2) is 16.5. The summed E-state index contributed by atoms with van der Waals surface area (Å²) in [6, 6.07) is 17.2. The largest absolute Gasteiger partial charge is 0.461 e. The molecular weight excluding hydrogens is 783 g/mol. The van der Waals surface area contributed by atoms with Crippen LogP contribution in [-0.4, -0.2) is 70.4 Å². The van der Waals surface area contributed by atoms with Gasteiger partial charge < -0.3 is 18.9 Å². The molecular formula is C52H77NO7S. The molecule has 3 saturated carbocycles. The molecule has 61 heavy (non-hydrogen) atoms. The minimum absolute atomic E-state index is 0.0324. The van der Waals surface area contributed by atoms with E-state index in [9.17, 15) is 13.2 Å². The topological polar surface area (TPSA) is 91.4 Å². The molecule has 0 N–H and O–H groups in total. The van der Waals surface area contributed by atoms with Crippen molar-refractivity contribution in [3.63, 3.8) is 0 Å². The fraction of sp³-hybridized carbons (Fsp3) is 0.712. The first kappa shape index (κ1) is 46.4. The highest BCUT2D eigenvalue weighted by molar-refractivity contribution is 7.89. The Morgan fingerprint density at radius 3 is 2.23 bits per heavy atom. The van der Waals surface area contributed by atoms with Gasteiger partial charge in [0.15, 0.2) is 0 Å². The maximum atomic E-state index is 14.9.